The van der Waals surface area contributed by atoms with Crippen LogP contribution >= 0.6 is 0 Å². The van der Waals surface area contributed by atoms with Gasteiger partial charge in [-0.3, -0.25) is 24.1 Å². The molecule has 2 aliphatic rings. The van der Waals surface area contributed by atoms with Gasteiger partial charge >= 0.3 is 0 Å². The molecule has 0 aromatic heterocycles. The molecule has 0 aliphatic carbocycles. The summed E-state index contributed by atoms with van der Waals surface area (Å²) < 4.78 is 20.4. The van der Waals surface area contributed by atoms with Crippen LogP contribution in [0.5, 0.6) is 0 Å². The van der Waals surface area contributed by atoms with Crippen LogP contribution in [0.4, 0.5) is 10.1 Å². The number of fused-ring (bicyclic) bond motifs is 1. The molecule has 0 radical (unpaired) electrons. The number of hydrogen-bond acceptors (Lipinski definition) is 6. The molecule has 2 N–H and O–H groups in total. The molecule has 4 amide bonds. The summed E-state index contributed by atoms with van der Waals surface area (Å²) in [6.45, 7) is -0.145. The van der Waals surface area contributed by atoms with Gasteiger partial charge in [0, 0.05) is 25.6 Å². The second-order valence-electron chi connectivity index (χ2n) is 5.82. The molecule has 8 nitrogen and oxygen atoms in total. The van der Waals surface area contributed by atoms with Crippen LogP contribution in [0.1, 0.15) is 33.6 Å². The number of likely N-dealkylation sites (tertiary alicyclic amines) is 1. The van der Waals surface area contributed by atoms with Crippen LogP contribution in [0.15, 0.2) is 18.2 Å². The number of benzene rings is 1. The van der Waals surface area contributed by atoms with Gasteiger partial charge in [-0.2, -0.15) is 0 Å². The van der Waals surface area contributed by atoms with E-state index in [0.29, 0.717) is 4.90 Å². The monoisotopic (exact) mass is 349 g/mol. The number of imide groups is 2. The van der Waals surface area contributed by atoms with Crippen molar-refractivity contribution >= 4 is 29.3 Å². The number of alkyl halides is 1. The van der Waals surface area contributed by atoms with E-state index in [0.717, 1.165) is 0 Å². The van der Waals surface area contributed by atoms with Gasteiger partial charge in [0.2, 0.25) is 5.91 Å². The van der Waals surface area contributed by atoms with Crippen molar-refractivity contribution in [2.75, 3.05) is 26.0 Å². The Bertz CT molecular complexity index is 796. The first-order chi connectivity index (χ1) is 11.8. The number of nitrogens with zero attached hydrogens (tertiary/aromatic N) is 2. The highest BCUT2D eigenvalue weighted by Crippen LogP contribution is 2.38. The molecule has 1 unspecified atom stereocenters. The van der Waals surface area contributed by atoms with E-state index in [4.69, 9.17) is 10.5 Å². The second kappa shape index (κ2) is 5.92. The van der Waals surface area contributed by atoms with Crippen LogP contribution in [0.2, 0.25) is 0 Å². The number of nitrogen functional groups attached to an aromatic ring is 1. The van der Waals surface area contributed by atoms with E-state index in [-0.39, 0.29) is 41.3 Å². The highest BCUT2D eigenvalue weighted by atomic mass is 19.1. The van der Waals surface area contributed by atoms with E-state index in [1.165, 1.54) is 25.3 Å². The molecule has 0 spiro atoms. The van der Waals surface area contributed by atoms with Crippen molar-refractivity contribution < 1.29 is 28.3 Å². The standard InChI is InChI=1S/C16H16FN3O5/c1-25-8-7-19-11(21)5-6-16(17,15(19)24)20-13(22)9-3-2-4-10(18)12(9)14(20)23/h2-4H,5-8,18H2,1H3. The van der Waals surface area contributed by atoms with Crippen LogP contribution < -0.4 is 5.73 Å². The van der Waals surface area contributed by atoms with Gasteiger partial charge in [-0.15, -0.1) is 0 Å². The quantitative estimate of drug-likeness (QED) is 0.476. The molecule has 3 rings (SSSR count). The molecule has 9 heteroatoms. The van der Waals surface area contributed by atoms with Crippen LogP contribution in [0.3, 0.4) is 0 Å². The molecule has 2 heterocycles. The molecular formula is C16H16FN3O5. The lowest BCUT2D eigenvalue weighted by atomic mass is 9.99. The van der Waals surface area contributed by atoms with Gasteiger partial charge in [-0.25, -0.2) is 9.29 Å². The number of ether oxygens (including phenoxy) is 1. The van der Waals surface area contributed by atoms with Crippen molar-refractivity contribution in [3.05, 3.63) is 29.3 Å². The molecule has 1 saturated heterocycles. The Hall–Kier alpha value is -2.81. The predicted octanol–water partition coefficient (Wildman–Crippen LogP) is 0.326. The summed E-state index contributed by atoms with van der Waals surface area (Å²) >= 11 is 0. The highest BCUT2D eigenvalue weighted by Gasteiger charge is 2.59. The van der Waals surface area contributed by atoms with E-state index in [1.807, 2.05) is 0 Å². The van der Waals surface area contributed by atoms with Crippen molar-refractivity contribution in [1.29, 1.82) is 0 Å². The third-order valence-electron chi connectivity index (χ3n) is 4.36. The Labute approximate surface area is 142 Å². The van der Waals surface area contributed by atoms with Crippen molar-refractivity contribution in [2.24, 2.45) is 0 Å². The summed E-state index contributed by atoms with van der Waals surface area (Å²) in [7, 11) is 1.37. The molecule has 132 valence electrons. The second-order valence-corrected chi connectivity index (χ2v) is 5.82. The van der Waals surface area contributed by atoms with Crippen LogP contribution in [-0.2, 0) is 14.3 Å². The average Bonchev–Trinajstić information content (AvgIpc) is 2.84. The van der Waals surface area contributed by atoms with E-state index < -0.39 is 35.8 Å². The number of piperidine rings is 1. The van der Waals surface area contributed by atoms with Gasteiger partial charge in [0.05, 0.1) is 24.3 Å². The highest BCUT2D eigenvalue weighted by molar-refractivity contribution is 6.25. The van der Waals surface area contributed by atoms with Crippen molar-refractivity contribution in [3.8, 4) is 0 Å². The zero-order valence-electron chi connectivity index (χ0n) is 13.5. The smallest absolute Gasteiger partial charge is 0.288 e. The Morgan fingerprint density at radius 1 is 1.24 bits per heavy atom. The molecular weight excluding hydrogens is 333 g/mol. The Morgan fingerprint density at radius 2 is 1.96 bits per heavy atom. The number of amides is 4. The zero-order valence-corrected chi connectivity index (χ0v) is 13.5. The molecule has 2 aliphatic heterocycles. The number of nitrogens with two attached hydrogens (primary N) is 1. The topological polar surface area (TPSA) is 110 Å². The largest absolute Gasteiger partial charge is 0.398 e. The minimum Gasteiger partial charge on any atom is -0.398 e. The lowest BCUT2D eigenvalue weighted by Crippen LogP contribution is -2.63. The number of anilines is 1. The Balaban J connectivity index is 2.00. The summed E-state index contributed by atoms with van der Waals surface area (Å²) in [5.74, 6) is -6.67. The van der Waals surface area contributed by atoms with Crippen molar-refractivity contribution in [2.45, 2.75) is 18.6 Å². The average molecular weight is 349 g/mol. The summed E-state index contributed by atoms with van der Waals surface area (Å²) in [5.41, 5.74) is 5.56. The van der Waals surface area contributed by atoms with Gasteiger partial charge in [-0.05, 0) is 12.1 Å². The molecule has 25 heavy (non-hydrogen) atoms. The van der Waals surface area contributed by atoms with E-state index in [1.54, 1.807) is 0 Å². The van der Waals surface area contributed by atoms with Gasteiger partial charge in [0.15, 0.2) is 0 Å². The van der Waals surface area contributed by atoms with Crippen LogP contribution in [-0.4, -0.2) is 59.5 Å². The minimum atomic E-state index is -2.93. The molecule has 1 aromatic carbocycles. The Morgan fingerprint density at radius 3 is 2.60 bits per heavy atom. The first kappa shape index (κ1) is 17.0. The lowest BCUT2D eigenvalue weighted by Gasteiger charge is -2.38. The fourth-order valence-corrected chi connectivity index (χ4v) is 3.08. The Kier molecular flexibility index (Phi) is 4.03. The van der Waals surface area contributed by atoms with E-state index in [9.17, 15) is 19.2 Å². The predicted molar refractivity (Wildman–Crippen MR) is 83.0 cm³/mol. The van der Waals surface area contributed by atoms with Gasteiger partial charge in [0.25, 0.3) is 23.5 Å². The van der Waals surface area contributed by atoms with Crippen LogP contribution in [0, 0.1) is 0 Å². The third kappa shape index (κ3) is 2.39. The fraction of sp³-hybridized carbons (Fsp3) is 0.375. The number of methoxy groups -OCH3 is 1. The van der Waals surface area contributed by atoms with E-state index in [2.05, 4.69) is 0 Å². The SMILES string of the molecule is COCCN1C(=O)CCC(F)(N2C(=O)c3cccc(N)c3C2=O)C1=O. The minimum absolute atomic E-state index is 0.0165. The fourth-order valence-electron chi connectivity index (χ4n) is 3.08. The number of halogens is 1. The lowest BCUT2D eigenvalue weighted by molar-refractivity contribution is -0.168. The van der Waals surface area contributed by atoms with Gasteiger partial charge in [0.1, 0.15) is 0 Å². The first-order valence-electron chi connectivity index (χ1n) is 7.63. The van der Waals surface area contributed by atoms with Crippen molar-refractivity contribution in [1.82, 2.24) is 9.80 Å². The maximum atomic E-state index is 15.6. The summed E-state index contributed by atoms with van der Waals surface area (Å²) in [5, 5.41) is 0. The number of carbonyl (C=O) groups is 4. The summed E-state index contributed by atoms with van der Waals surface area (Å²) in [6, 6.07) is 4.22. The molecule has 0 bridgehead atoms. The zero-order chi connectivity index (χ0) is 18.4. The maximum Gasteiger partial charge on any atom is 0.288 e. The van der Waals surface area contributed by atoms with Crippen LogP contribution in [0.25, 0.3) is 0 Å². The maximum absolute atomic E-state index is 15.6. The molecule has 0 saturated carbocycles. The number of hydrogen-bond donors (Lipinski definition) is 1. The molecule has 1 aromatic rings. The summed E-state index contributed by atoms with van der Waals surface area (Å²) in [4.78, 5) is 50.6. The number of rotatable bonds is 4. The van der Waals surface area contributed by atoms with E-state index >= 15 is 4.39 Å². The molecule has 1 fully saturated rings. The number of carbonyl (C=O) groups excluding carboxylic acids is 4. The van der Waals surface area contributed by atoms with Gasteiger partial charge in [-0.1, -0.05) is 6.07 Å². The van der Waals surface area contributed by atoms with Crippen molar-refractivity contribution in [3.63, 3.8) is 0 Å². The van der Waals surface area contributed by atoms with Gasteiger partial charge < -0.3 is 10.5 Å². The molecule has 1 atom stereocenters. The normalized spacial score (nSPS) is 23.4. The first-order valence-corrected chi connectivity index (χ1v) is 7.63. The third-order valence-corrected chi connectivity index (χ3v) is 4.36. The summed E-state index contributed by atoms with van der Waals surface area (Å²) in [6.07, 6.45) is -0.894.